The van der Waals surface area contributed by atoms with Crippen LogP contribution in [0.1, 0.15) is 22.3 Å². The van der Waals surface area contributed by atoms with Crippen molar-refractivity contribution in [2.24, 2.45) is 0 Å². The molecule has 3 aliphatic rings. The molecule has 10 nitrogen and oxygen atoms in total. The number of methoxy groups -OCH3 is 2. The molecular formula is C29H30N2O8. The van der Waals surface area contributed by atoms with Gasteiger partial charge in [-0.1, -0.05) is 6.07 Å². The van der Waals surface area contributed by atoms with Crippen molar-refractivity contribution < 1.29 is 38.0 Å². The number of nitrogens with zero attached hydrogens (tertiary/aromatic N) is 2. The second-order valence-electron chi connectivity index (χ2n) is 9.64. The first-order valence-corrected chi connectivity index (χ1v) is 13.0. The number of carbonyl (C=O) groups is 2. The molecule has 3 aromatic rings. The van der Waals surface area contributed by atoms with Crippen LogP contribution in [0.5, 0.6) is 28.7 Å². The maximum atomic E-state index is 13.1. The molecule has 0 atom stereocenters. The third-order valence-electron chi connectivity index (χ3n) is 7.50. The molecule has 1 fully saturated rings. The van der Waals surface area contributed by atoms with Crippen LogP contribution < -0.4 is 23.7 Å². The molecule has 10 heteroatoms. The number of benzene rings is 3. The van der Waals surface area contributed by atoms with E-state index in [0.717, 1.165) is 67.5 Å². The average Bonchev–Trinajstić information content (AvgIpc) is 3.60. The van der Waals surface area contributed by atoms with Crippen LogP contribution in [-0.4, -0.2) is 82.5 Å². The summed E-state index contributed by atoms with van der Waals surface area (Å²) in [5.41, 5.74) is 2.72. The van der Waals surface area contributed by atoms with E-state index in [2.05, 4.69) is 4.90 Å². The summed E-state index contributed by atoms with van der Waals surface area (Å²) in [5.74, 6) is 2.60. The molecule has 3 heterocycles. The predicted octanol–water partition coefficient (Wildman–Crippen LogP) is 3.47. The maximum Gasteiger partial charge on any atom is 0.339 e. The summed E-state index contributed by atoms with van der Waals surface area (Å²) >= 11 is 0. The quantitative estimate of drug-likeness (QED) is 0.232. The molecule has 1 amide bonds. The monoisotopic (exact) mass is 534 g/mol. The second-order valence-corrected chi connectivity index (χ2v) is 9.64. The van der Waals surface area contributed by atoms with Crippen LogP contribution in [0.4, 0.5) is 0 Å². The van der Waals surface area contributed by atoms with Crippen molar-refractivity contribution in [2.45, 2.75) is 13.0 Å². The van der Waals surface area contributed by atoms with E-state index in [9.17, 15) is 9.59 Å². The van der Waals surface area contributed by atoms with Crippen LogP contribution in [0.3, 0.4) is 0 Å². The minimum Gasteiger partial charge on any atom is -0.493 e. The number of piperazine rings is 1. The maximum absolute atomic E-state index is 13.1. The predicted molar refractivity (Wildman–Crippen MR) is 142 cm³/mol. The van der Waals surface area contributed by atoms with Crippen LogP contribution in [0.15, 0.2) is 30.3 Å². The smallest absolute Gasteiger partial charge is 0.339 e. The minimum atomic E-state index is -0.396. The van der Waals surface area contributed by atoms with Gasteiger partial charge in [0.2, 0.25) is 13.2 Å². The molecule has 0 spiro atoms. The number of rotatable bonds is 9. The van der Waals surface area contributed by atoms with Gasteiger partial charge < -0.3 is 33.3 Å². The highest BCUT2D eigenvalue weighted by atomic mass is 16.7. The highest BCUT2D eigenvalue weighted by Crippen LogP contribution is 2.49. The molecule has 39 heavy (non-hydrogen) atoms. The van der Waals surface area contributed by atoms with Crippen LogP contribution in [-0.2, 0) is 16.1 Å². The normalized spacial score (nSPS) is 16.3. The van der Waals surface area contributed by atoms with Crippen LogP contribution in [0.2, 0.25) is 0 Å². The Morgan fingerprint density at radius 3 is 2.38 bits per heavy atom. The van der Waals surface area contributed by atoms with Gasteiger partial charge in [-0.05, 0) is 41.6 Å². The number of cyclic esters (lactones) is 1. The third-order valence-corrected chi connectivity index (χ3v) is 7.50. The fourth-order valence-corrected chi connectivity index (χ4v) is 5.48. The van der Waals surface area contributed by atoms with Crippen LogP contribution in [0, 0.1) is 0 Å². The molecule has 0 saturated carbocycles. The SMILES string of the molecule is COc1cc2c(OCCCN3CCN(C=O)CC3)c3c(c(-c4ccc5c(c4)OCO5)c2cc1OC)C(=O)OC3. The number of fused-ring (bicyclic) bond motifs is 3. The van der Waals surface area contributed by atoms with Gasteiger partial charge in [0.1, 0.15) is 12.4 Å². The number of esters is 1. The Morgan fingerprint density at radius 1 is 0.897 bits per heavy atom. The Labute approximate surface area is 225 Å². The summed E-state index contributed by atoms with van der Waals surface area (Å²) in [6, 6.07) is 9.40. The van der Waals surface area contributed by atoms with Gasteiger partial charge in [0, 0.05) is 49.2 Å². The summed E-state index contributed by atoms with van der Waals surface area (Å²) in [4.78, 5) is 28.2. The van der Waals surface area contributed by atoms with Gasteiger partial charge >= 0.3 is 5.97 Å². The van der Waals surface area contributed by atoms with Gasteiger partial charge in [-0.25, -0.2) is 4.79 Å². The van der Waals surface area contributed by atoms with Crippen molar-refractivity contribution in [3.63, 3.8) is 0 Å². The largest absolute Gasteiger partial charge is 0.493 e. The lowest BCUT2D eigenvalue weighted by Crippen LogP contribution is -2.46. The lowest BCUT2D eigenvalue weighted by Gasteiger charge is -2.32. The van der Waals surface area contributed by atoms with Gasteiger partial charge in [0.25, 0.3) is 0 Å². The molecule has 3 aromatic carbocycles. The van der Waals surface area contributed by atoms with E-state index in [1.54, 1.807) is 19.1 Å². The lowest BCUT2D eigenvalue weighted by molar-refractivity contribution is -0.119. The van der Waals surface area contributed by atoms with Crippen molar-refractivity contribution in [3.05, 3.63) is 41.5 Å². The standard InChI is InChI=1S/C29H30N2O8/c1-34-23-13-19-20(14-24(23)35-2)28(36-11-3-6-30-7-9-31(16-32)10-8-30)21-15-37-29(33)27(21)26(19)18-4-5-22-25(12-18)39-17-38-22/h4-5,12-14,16H,3,6-11,15,17H2,1-2H3. The first kappa shape index (κ1) is 25.1. The Kier molecular flexibility index (Phi) is 6.78. The van der Waals surface area contributed by atoms with Crippen molar-refractivity contribution >= 4 is 23.2 Å². The topological polar surface area (TPSA) is 96.0 Å². The van der Waals surface area contributed by atoms with Gasteiger partial charge in [0.05, 0.1) is 26.4 Å². The zero-order valence-corrected chi connectivity index (χ0v) is 22.0. The van der Waals surface area contributed by atoms with Gasteiger partial charge in [-0.3, -0.25) is 9.69 Å². The van der Waals surface area contributed by atoms with Crippen molar-refractivity contribution in [1.29, 1.82) is 0 Å². The zero-order chi connectivity index (χ0) is 26.9. The first-order valence-electron chi connectivity index (χ1n) is 13.0. The third kappa shape index (κ3) is 4.54. The summed E-state index contributed by atoms with van der Waals surface area (Å²) in [7, 11) is 3.17. The summed E-state index contributed by atoms with van der Waals surface area (Å²) in [6.07, 6.45) is 1.70. The van der Waals surface area contributed by atoms with Gasteiger partial charge in [0.15, 0.2) is 23.0 Å². The molecule has 0 unspecified atom stereocenters. The molecule has 0 bridgehead atoms. The number of hydrogen-bond acceptors (Lipinski definition) is 9. The molecule has 204 valence electrons. The number of ether oxygens (including phenoxy) is 6. The Bertz CT molecular complexity index is 1430. The molecule has 0 aliphatic carbocycles. The Hall–Kier alpha value is -4.18. The Balaban J connectivity index is 1.39. The number of hydrogen-bond donors (Lipinski definition) is 0. The average molecular weight is 535 g/mol. The molecular weight excluding hydrogens is 504 g/mol. The van der Waals surface area contributed by atoms with Crippen LogP contribution in [0.25, 0.3) is 21.9 Å². The van der Waals surface area contributed by atoms with Crippen molar-refractivity contribution in [3.8, 4) is 39.9 Å². The van der Waals surface area contributed by atoms with E-state index in [1.165, 1.54) is 0 Å². The van der Waals surface area contributed by atoms with E-state index >= 15 is 0 Å². The fourth-order valence-electron chi connectivity index (χ4n) is 5.48. The summed E-state index contributed by atoms with van der Waals surface area (Å²) in [5, 5.41) is 1.58. The number of amides is 1. The summed E-state index contributed by atoms with van der Waals surface area (Å²) < 4.78 is 34.3. The highest BCUT2D eigenvalue weighted by molar-refractivity contribution is 6.14. The van der Waals surface area contributed by atoms with E-state index in [-0.39, 0.29) is 13.4 Å². The molecule has 0 N–H and O–H groups in total. The Morgan fingerprint density at radius 2 is 1.64 bits per heavy atom. The highest BCUT2D eigenvalue weighted by Gasteiger charge is 2.33. The van der Waals surface area contributed by atoms with Crippen LogP contribution >= 0.6 is 0 Å². The zero-order valence-electron chi connectivity index (χ0n) is 22.0. The molecule has 6 rings (SSSR count). The molecule has 1 saturated heterocycles. The van der Waals surface area contributed by atoms with E-state index < -0.39 is 5.97 Å². The van der Waals surface area contributed by atoms with Gasteiger partial charge in [-0.15, -0.1) is 0 Å². The van der Waals surface area contributed by atoms with Crippen molar-refractivity contribution in [2.75, 3.05) is 60.3 Å². The number of carbonyl (C=O) groups excluding carboxylic acids is 2. The van der Waals surface area contributed by atoms with E-state index in [1.807, 2.05) is 30.3 Å². The second kappa shape index (κ2) is 10.5. The molecule has 0 radical (unpaired) electrons. The minimum absolute atomic E-state index is 0.124. The molecule has 3 aliphatic heterocycles. The van der Waals surface area contributed by atoms with E-state index in [4.69, 9.17) is 28.4 Å². The van der Waals surface area contributed by atoms with E-state index in [0.29, 0.717) is 46.5 Å². The molecule has 0 aromatic heterocycles. The van der Waals surface area contributed by atoms with Crippen molar-refractivity contribution in [1.82, 2.24) is 9.80 Å². The van der Waals surface area contributed by atoms with Gasteiger partial charge in [-0.2, -0.15) is 0 Å². The lowest BCUT2D eigenvalue weighted by atomic mass is 9.89. The summed E-state index contributed by atoms with van der Waals surface area (Å²) in [6.45, 7) is 4.77. The first-order chi connectivity index (χ1) is 19.1. The fraction of sp³-hybridized carbons (Fsp3) is 0.379.